The van der Waals surface area contributed by atoms with Crippen molar-refractivity contribution in [3.63, 3.8) is 0 Å². The van der Waals surface area contributed by atoms with Crippen molar-refractivity contribution in [2.24, 2.45) is 5.73 Å². The van der Waals surface area contributed by atoms with Gasteiger partial charge < -0.3 is 11.5 Å². The van der Waals surface area contributed by atoms with Gasteiger partial charge in [0.05, 0.1) is 5.52 Å². The maximum atomic E-state index is 6.54. The molecule has 0 fully saturated rings. The van der Waals surface area contributed by atoms with Crippen LogP contribution in [0.2, 0.25) is 0 Å². The number of aryl methyl sites for hydroxylation is 1. The second-order valence-corrected chi connectivity index (χ2v) is 5.23. The number of para-hydroxylation sites is 1. The first-order valence-electron chi connectivity index (χ1n) is 6.62. The second kappa shape index (κ2) is 3.95. The van der Waals surface area contributed by atoms with Crippen LogP contribution in [0.15, 0.2) is 24.3 Å². The van der Waals surface area contributed by atoms with Crippen LogP contribution in [0.5, 0.6) is 0 Å². The fourth-order valence-corrected chi connectivity index (χ4v) is 3.08. The van der Waals surface area contributed by atoms with E-state index in [-0.39, 0.29) is 5.54 Å². The van der Waals surface area contributed by atoms with Crippen LogP contribution in [0.3, 0.4) is 0 Å². The number of nitrogen functional groups attached to an aromatic ring is 1. The van der Waals surface area contributed by atoms with Gasteiger partial charge in [-0.25, -0.2) is 0 Å². The van der Waals surface area contributed by atoms with Crippen LogP contribution in [0, 0.1) is 0 Å². The lowest BCUT2D eigenvalue weighted by molar-refractivity contribution is 0.358. The van der Waals surface area contributed by atoms with Crippen molar-refractivity contribution in [1.82, 2.24) is 4.98 Å². The third-order valence-electron chi connectivity index (χ3n) is 4.17. The van der Waals surface area contributed by atoms with Crippen molar-refractivity contribution in [2.45, 2.75) is 38.1 Å². The van der Waals surface area contributed by atoms with Gasteiger partial charge in [0.25, 0.3) is 0 Å². The average molecular weight is 241 g/mol. The minimum Gasteiger partial charge on any atom is -0.398 e. The molecule has 4 N–H and O–H groups in total. The number of fused-ring (bicyclic) bond motifs is 2. The van der Waals surface area contributed by atoms with Gasteiger partial charge in [0.15, 0.2) is 0 Å². The number of hydrogen-bond acceptors (Lipinski definition) is 3. The molecule has 1 atom stereocenters. The van der Waals surface area contributed by atoms with Gasteiger partial charge in [0.2, 0.25) is 0 Å². The predicted molar refractivity (Wildman–Crippen MR) is 75.2 cm³/mol. The van der Waals surface area contributed by atoms with Gasteiger partial charge in [-0.1, -0.05) is 25.1 Å². The molecular weight excluding hydrogens is 222 g/mol. The molecule has 3 nitrogen and oxygen atoms in total. The van der Waals surface area contributed by atoms with Gasteiger partial charge >= 0.3 is 0 Å². The number of benzene rings is 1. The Hall–Kier alpha value is -1.61. The Labute approximate surface area is 107 Å². The number of nitrogens with zero attached hydrogens (tertiary/aromatic N) is 1. The zero-order valence-corrected chi connectivity index (χ0v) is 10.7. The number of hydrogen-bond donors (Lipinski definition) is 2. The minimum absolute atomic E-state index is 0.297. The zero-order chi connectivity index (χ0) is 12.8. The van der Waals surface area contributed by atoms with Crippen molar-refractivity contribution >= 4 is 16.6 Å². The summed E-state index contributed by atoms with van der Waals surface area (Å²) < 4.78 is 0. The van der Waals surface area contributed by atoms with Crippen LogP contribution in [0.1, 0.15) is 37.4 Å². The van der Waals surface area contributed by atoms with Crippen molar-refractivity contribution in [3.05, 3.63) is 35.5 Å². The van der Waals surface area contributed by atoms with Crippen LogP contribution in [-0.4, -0.2) is 4.98 Å². The normalized spacial score (nSPS) is 23.0. The van der Waals surface area contributed by atoms with Crippen LogP contribution in [-0.2, 0) is 12.0 Å². The summed E-state index contributed by atoms with van der Waals surface area (Å²) in [6, 6.07) is 8.05. The molecule has 2 aromatic rings. The molecule has 0 amide bonds. The van der Waals surface area contributed by atoms with Crippen molar-refractivity contribution < 1.29 is 0 Å². The smallest absolute Gasteiger partial charge is 0.0726 e. The van der Waals surface area contributed by atoms with E-state index in [0.29, 0.717) is 0 Å². The van der Waals surface area contributed by atoms with Gasteiger partial charge in [-0.2, -0.15) is 0 Å². The summed E-state index contributed by atoms with van der Waals surface area (Å²) in [5, 5.41) is 1.03. The molecular formula is C15H19N3. The van der Waals surface area contributed by atoms with E-state index in [1.807, 2.05) is 24.3 Å². The Morgan fingerprint density at radius 1 is 1.33 bits per heavy atom. The lowest BCUT2D eigenvalue weighted by Crippen LogP contribution is -2.40. The number of nitrogens with two attached hydrogens (primary N) is 2. The van der Waals surface area contributed by atoms with Crippen molar-refractivity contribution in [3.8, 4) is 0 Å². The molecule has 18 heavy (non-hydrogen) atoms. The number of pyridine rings is 1. The highest BCUT2D eigenvalue weighted by molar-refractivity contribution is 5.92. The lowest BCUT2D eigenvalue weighted by atomic mass is 9.76. The third-order valence-corrected chi connectivity index (χ3v) is 4.17. The summed E-state index contributed by atoms with van der Waals surface area (Å²) in [6.07, 6.45) is 4.00. The maximum absolute atomic E-state index is 6.54. The monoisotopic (exact) mass is 241 g/mol. The molecule has 0 saturated heterocycles. The van der Waals surface area contributed by atoms with Crippen LogP contribution in [0.4, 0.5) is 5.69 Å². The van der Waals surface area contributed by atoms with Crippen LogP contribution < -0.4 is 11.5 Å². The lowest BCUT2D eigenvalue weighted by Gasteiger charge is -2.35. The fourth-order valence-electron chi connectivity index (χ4n) is 3.08. The second-order valence-electron chi connectivity index (χ2n) is 5.23. The number of aromatic nitrogens is 1. The molecule has 3 heteroatoms. The molecule has 0 spiro atoms. The predicted octanol–water partition coefficient (Wildman–Crippen LogP) is 2.72. The summed E-state index contributed by atoms with van der Waals surface area (Å²) in [6.45, 7) is 2.13. The molecule has 1 aromatic carbocycles. The van der Waals surface area contributed by atoms with Gasteiger partial charge in [0.1, 0.15) is 0 Å². The van der Waals surface area contributed by atoms with E-state index >= 15 is 0 Å². The Balaban J connectivity index is 2.36. The summed E-state index contributed by atoms with van der Waals surface area (Å²) >= 11 is 0. The summed E-state index contributed by atoms with van der Waals surface area (Å²) in [5.74, 6) is 0. The van der Waals surface area contributed by atoms with Gasteiger partial charge in [-0.3, -0.25) is 4.98 Å². The molecule has 1 heterocycles. The Morgan fingerprint density at radius 2 is 2.11 bits per heavy atom. The molecule has 1 unspecified atom stereocenters. The Bertz CT molecular complexity index is 606. The van der Waals surface area contributed by atoms with E-state index in [1.54, 1.807) is 0 Å². The average Bonchev–Trinajstić information content (AvgIpc) is 2.39. The molecule has 94 valence electrons. The minimum atomic E-state index is -0.297. The van der Waals surface area contributed by atoms with E-state index in [1.165, 1.54) is 0 Å². The molecule has 0 aliphatic heterocycles. The topological polar surface area (TPSA) is 64.9 Å². The third kappa shape index (κ3) is 1.51. The standard InChI is InChI=1S/C15H19N3/c1-2-15(17)9-5-8-12-13(15)14(16)10-6-3-4-7-11(10)18-12/h3-4,6-7H,2,5,8-9,17H2,1H3,(H2,16,18). The van der Waals surface area contributed by atoms with Gasteiger partial charge in [-0.15, -0.1) is 0 Å². The fraction of sp³-hybridized carbons (Fsp3) is 0.400. The highest BCUT2D eigenvalue weighted by Crippen LogP contribution is 2.40. The van der Waals surface area contributed by atoms with Crippen LogP contribution in [0.25, 0.3) is 10.9 Å². The molecule has 1 aromatic heterocycles. The summed E-state index contributed by atoms with van der Waals surface area (Å²) in [7, 11) is 0. The van der Waals surface area contributed by atoms with Crippen LogP contribution >= 0.6 is 0 Å². The van der Waals surface area contributed by atoms with Crippen molar-refractivity contribution in [2.75, 3.05) is 5.73 Å². The van der Waals surface area contributed by atoms with Gasteiger partial charge in [0, 0.05) is 27.9 Å². The molecule has 1 aliphatic rings. The molecule has 0 radical (unpaired) electrons. The highest BCUT2D eigenvalue weighted by Gasteiger charge is 2.34. The Morgan fingerprint density at radius 3 is 2.89 bits per heavy atom. The quantitative estimate of drug-likeness (QED) is 0.806. The Kier molecular flexibility index (Phi) is 2.52. The van der Waals surface area contributed by atoms with E-state index < -0.39 is 0 Å². The SMILES string of the molecule is CCC1(N)CCCc2nc3ccccc3c(N)c21. The summed E-state index contributed by atoms with van der Waals surface area (Å²) in [5.41, 5.74) is 16.6. The maximum Gasteiger partial charge on any atom is 0.0726 e. The first kappa shape index (κ1) is 11.5. The first-order valence-corrected chi connectivity index (χ1v) is 6.62. The molecule has 3 rings (SSSR count). The zero-order valence-electron chi connectivity index (χ0n) is 10.7. The molecule has 0 bridgehead atoms. The summed E-state index contributed by atoms with van der Waals surface area (Å²) in [4.78, 5) is 4.76. The molecule has 0 saturated carbocycles. The van der Waals surface area contributed by atoms with Gasteiger partial charge in [-0.05, 0) is 31.7 Å². The highest BCUT2D eigenvalue weighted by atomic mass is 14.8. The van der Waals surface area contributed by atoms with E-state index in [2.05, 4.69) is 6.92 Å². The van der Waals surface area contributed by atoms with Crippen molar-refractivity contribution in [1.29, 1.82) is 0 Å². The molecule has 1 aliphatic carbocycles. The number of rotatable bonds is 1. The van der Waals surface area contributed by atoms with E-state index in [9.17, 15) is 0 Å². The van der Waals surface area contributed by atoms with E-state index in [0.717, 1.165) is 53.5 Å². The van der Waals surface area contributed by atoms with E-state index in [4.69, 9.17) is 16.5 Å². The number of anilines is 1. The first-order chi connectivity index (χ1) is 8.65. The largest absolute Gasteiger partial charge is 0.398 e.